The van der Waals surface area contributed by atoms with Gasteiger partial charge in [0.05, 0.1) is 19.3 Å². The van der Waals surface area contributed by atoms with Gasteiger partial charge in [0.25, 0.3) is 0 Å². The summed E-state index contributed by atoms with van der Waals surface area (Å²) in [5, 5.41) is 3.66. The maximum Gasteiger partial charge on any atom is 0.242 e. The second kappa shape index (κ2) is 10.1. The van der Waals surface area contributed by atoms with Crippen LogP contribution in [0.1, 0.15) is 40.6 Å². The van der Waals surface area contributed by atoms with Gasteiger partial charge < -0.3 is 19.9 Å². The molecule has 0 radical (unpaired) electrons. The highest BCUT2D eigenvalue weighted by Crippen LogP contribution is 2.60. The van der Waals surface area contributed by atoms with Crippen LogP contribution in [0.15, 0.2) is 72.8 Å². The lowest BCUT2D eigenvalue weighted by molar-refractivity contribution is -0.152. The molecule has 3 heterocycles. The minimum Gasteiger partial charge on any atom is -0.378 e. The Labute approximate surface area is 232 Å². The van der Waals surface area contributed by atoms with E-state index in [2.05, 4.69) is 5.32 Å². The predicted octanol–water partition coefficient (Wildman–Crippen LogP) is 4.45. The molecule has 3 aromatic rings. The molecular formula is C31H30ClN3O4. The van der Waals surface area contributed by atoms with E-state index in [9.17, 15) is 14.4 Å². The first-order valence-electron chi connectivity index (χ1n) is 13.3. The summed E-state index contributed by atoms with van der Waals surface area (Å²) in [6.45, 7) is 3.77. The van der Waals surface area contributed by atoms with Crippen LogP contribution in [0.25, 0.3) is 0 Å². The molecule has 0 unspecified atom stereocenters. The number of hydrogen-bond acceptors (Lipinski definition) is 4. The highest BCUT2D eigenvalue weighted by Gasteiger charge is 2.63. The molecule has 2 saturated heterocycles. The van der Waals surface area contributed by atoms with Gasteiger partial charge in [-0.3, -0.25) is 14.4 Å². The van der Waals surface area contributed by atoms with Crippen molar-refractivity contribution in [3.05, 3.63) is 100 Å². The Hall–Kier alpha value is -3.68. The monoisotopic (exact) mass is 543 g/mol. The third-order valence-electron chi connectivity index (χ3n) is 8.39. The number of morpholine rings is 1. The molecule has 0 saturated carbocycles. The third-order valence-corrected chi connectivity index (χ3v) is 8.63. The van der Waals surface area contributed by atoms with Crippen LogP contribution in [0.2, 0.25) is 5.02 Å². The van der Waals surface area contributed by atoms with Crippen molar-refractivity contribution >= 4 is 35.0 Å². The summed E-state index contributed by atoms with van der Waals surface area (Å²) < 4.78 is 5.43. The van der Waals surface area contributed by atoms with Crippen LogP contribution in [-0.4, -0.2) is 60.4 Å². The van der Waals surface area contributed by atoms with Crippen molar-refractivity contribution in [1.82, 2.24) is 9.80 Å². The number of aryl methyl sites for hydroxylation is 1. The van der Waals surface area contributed by atoms with Crippen LogP contribution in [0.3, 0.4) is 0 Å². The van der Waals surface area contributed by atoms with Gasteiger partial charge in [0.15, 0.2) is 0 Å². The van der Waals surface area contributed by atoms with Crippen molar-refractivity contribution in [3.8, 4) is 0 Å². The molecule has 3 amide bonds. The molecule has 200 valence electrons. The van der Waals surface area contributed by atoms with Gasteiger partial charge in [0, 0.05) is 36.1 Å². The minimum atomic E-state index is -1.17. The van der Waals surface area contributed by atoms with E-state index < -0.39 is 17.4 Å². The Balaban J connectivity index is 1.58. The van der Waals surface area contributed by atoms with E-state index in [1.807, 2.05) is 73.7 Å². The lowest BCUT2D eigenvalue weighted by Crippen LogP contribution is -2.60. The molecule has 7 nitrogen and oxygen atoms in total. The second-order valence-electron chi connectivity index (χ2n) is 10.5. The first kappa shape index (κ1) is 25.6. The van der Waals surface area contributed by atoms with Gasteiger partial charge in [-0.1, -0.05) is 66.2 Å². The van der Waals surface area contributed by atoms with Crippen LogP contribution < -0.4 is 5.32 Å². The Bertz CT molecular complexity index is 1450. The second-order valence-corrected chi connectivity index (χ2v) is 10.9. The molecule has 3 atom stereocenters. The lowest BCUT2D eigenvalue weighted by atomic mass is 9.58. The summed E-state index contributed by atoms with van der Waals surface area (Å²) in [7, 11) is 0. The van der Waals surface area contributed by atoms with Gasteiger partial charge in [-0.2, -0.15) is 0 Å². The number of carbonyl (C=O) groups excluding carboxylic acids is 3. The van der Waals surface area contributed by atoms with Gasteiger partial charge in [0.2, 0.25) is 17.7 Å². The molecule has 1 N–H and O–H groups in total. The Morgan fingerprint density at radius 3 is 2.54 bits per heavy atom. The number of likely N-dealkylation sites (tertiary alicyclic amines) is 1. The SMILES string of the molecule is Cc1ccccc1[C@H]1N(CC(=O)N2CCOCC2)C(=O)C[C@@H](c2cccc(Cl)c2)[C@]12C(=O)Nc1ccccc12. The summed E-state index contributed by atoms with van der Waals surface area (Å²) in [5.41, 5.74) is 2.99. The van der Waals surface area contributed by atoms with Gasteiger partial charge in [0.1, 0.15) is 12.0 Å². The molecule has 0 aromatic heterocycles. The van der Waals surface area contributed by atoms with Gasteiger partial charge in [-0.05, 0) is 47.4 Å². The maximum atomic E-state index is 14.4. The average Bonchev–Trinajstić information content (AvgIpc) is 3.23. The predicted molar refractivity (Wildman–Crippen MR) is 149 cm³/mol. The van der Waals surface area contributed by atoms with Crippen molar-refractivity contribution in [2.24, 2.45) is 0 Å². The number of benzene rings is 3. The van der Waals surface area contributed by atoms with Crippen molar-refractivity contribution in [3.63, 3.8) is 0 Å². The zero-order valence-electron chi connectivity index (χ0n) is 21.7. The van der Waals surface area contributed by atoms with Crippen LogP contribution in [0, 0.1) is 6.92 Å². The highest BCUT2D eigenvalue weighted by molar-refractivity contribution is 6.30. The Morgan fingerprint density at radius 1 is 1.03 bits per heavy atom. The Kier molecular flexibility index (Phi) is 6.65. The topological polar surface area (TPSA) is 79.0 Å². The van der Waals surface area contributed by atoms with Crippen molar-refractivity contribution in [2.75, 3.05) is 38.2 Å². The average molecular weight is 544 g/mol. The number of ether oxygens (including phenoxy) is 1. The molecule has 1 spiro atoms. The van der Waals surface area contributed by atoms with Crippen LogP contribution in [0.4, 0.5) is 5.69 Å². The fraction of sp³-hybridized carbons (Fsp3) is 0.323. The quantitative estimate of drug-likeness (QED) is 0.527. The minimum absolute atomic E-state index is 0.0703. The van der Waals surface area contributed by atoms with E-state index in [1.54, 1.807) is 15.9 Å². The molecule has 3 aromatic carbocycles. The third kappa shape index (κ3) is 4.21. The maximum absolute atomic E-state index is 14.4. The molecule has 0 bridgehead atoms. The first-order chi connectivity index (χ1) is 18.9. The van der Waals surface area contributed by atoms with Crippen LogP contribution in [-0.2, 0) is 24.5 Å². The van der Waals surface area contributed by atoms with Crippen molar-refractivity contribution in [1.29, 1.82) is 0 Å². The number of rotatable bonds is 4. The highest BCUT2D eigenvalue weighted by atomic mass is 35.5. The normalized spacial score (nSPS) is 24.6. The van der Waals surface area contributed by atoms with Crippen molar-refractivity contribution in [2.45, 2.75) is 30.7 Å². The lowest BCUT2D eigenvalue weighted by Gasteiger charge is -2.52. The van der Waals surface area contributed by atoms with E-state index >= 15 is 0 Å². The number of halogens is 1. The number of hydrogen-bond donors (Lipinski definition) is 1. The van der Waals surface area contributed by atoms with Crippen LogP contribution >= 0.6 is 11.6 Å². The van der Waals surface area contributed by atoms with E-state index in [-0.39, 0.29) is 30.7 Å². The molecule has 3 aliphatic rings. The number of carbonyl (C=O) groups is 3. The number of fused-ring (bicyclic) bond motifs is 2. The summed E-state index contributed by atoms with van der Waals surface area (Å²) in [6.07, 6.45) is 0.0703. The van der Waals surface area contributed by atoms with Crippen LogP contribution in [0.5, 0.6) is 0 Å². The summed E-state index contributed by atoms with van der Waals surface area (Å²) in [4.78, 5) is 45.5. The standard InChI is InChI=1S/C31H30ClN3O4/c1-20-7-2-3-10-23(20)29-31(24-11-4-5-12-26(24)33-30(31)38)25(21-8-6-9-22(32)17-21)18-27(36)35(29)19-28(37)34-13-15-39-16-14-34/h2-12,17,25,29H,13-16,18-19H2,1H3,(H,33,38)/t25-,29+,31-/m0/s1. The largest absolute Gasteiger partial charge is 0.378 e. The molecule has 39 heavy (non-hydrogen) atoms. The number of amides is 3. The molecule has 6 rings (SSSR count). The molecule has 2 fully saturated rings. The summed E-state index contributed by atoms with van der Waals surface area (Å²) in [6, 6.07) is 22.2. The molecular weight excluding hydrogens is 514 g/mol. The van der Waals surface area contributed by atoms with Gasteiger partial charge >= 0.3 is 0 Å². The summed E-state index contributed by atoms with van der Waals surface area (Å²) in [5.74, 6) is -0.990. The number of anilines is 1. The number of para-hydroxylation sites is 1. The van der Waals surface area contributed by atoms with Gasteiger partial charge in [-0.15, -0.1) is 0 Å². The molecule has 0 aliphatic carbocycles. The zero-order valence-corrected chi connectivity index (χ0v) is 22.5. The molecule has 3 aliphatic heterocycles. The summed E-state index contributed by atoms with van der Waals surface area (Å²) >= 11 is 6.44. The smallest absolute Gasteiger partial charge is 0.242 e. The van der Waals surface area contributed by atoms with Crippen molar-refractivity contribution < 1.29 is 19.1 Å². The number of nitrogens with one attached hydrogen (secondary N) is 1. The number of nitrogens with zero attached hydrogens (tertiary/aromatic N) is 2. The van der Waals surface area contributed by atoms with Gasteiger partial charge in [-0.25, -0.2) is 0 Å². The fourth-order valence-electron chi connectivity index (χ4n) is 6.60. The number of piperidine rings is 1. The first-order valence-corrected chi connectivity index (χ1v) is 13.7. The van der Waals surface area contributed by atoms with E-state index in [4.69, 9.17) is 16.3 Å². The van der Waals surface area contributed by atoms with E-state index in [1.165, 1.54) is 0 Å². The van der Waals surface area contributed by atoms with E-state index in [0.717, 1.165) is 27.9 Å². The fourth-order valence-corrected chi connectivity index (χ4v) is 6.80. The zero-order chi connectivity index (χ0) is 27.1. The molecule has 8 heteroatoms. The van der Waals surface area contributed by atoms with E-state index in [0.29, 0.717) is 31.3 Å². The Morgan fingerprint density at radius 2 is 1.77 bits per heavy atom.